The fourth-order valence-electron chi connectivity index (χ4n) is 4.94. The van der Waals surface area contributed by atoms with E-state index >= 15 is 0 Å². The molecular formula is C30H29NO3. The zero-order valence-corrected chi connectivity index (χ0v) is 19.4. The van der Waals surface area contributed by atoms with Crippen LogP contribution in [0.15, 0.2) is 83.3 Å². The molecule has 0 saturated heterocycles. The van der Waals surface area contributed by atoms with Crippen LogP contribution >= 0.6 is 0 Å². The van der Waals surface area contributed by atoms with Crippen molar-refractivity contribution in [1.29, 1.82) is 0 Å². The van der Waals surface area contributed by atoms with Crippen molar-refractivity contribution in [3.05, 3.63) is 95.7 Å². The fourth-order valence-corrected chi connectivity index (χ4v) is 4.94. The van der Waals surface area contributed by atoms with E-state index in [4.69, 9.17) is 14.1 Å². The average Bonchev–Trinajstić information content (AvgIpc) is 3.51. The van der Waals surface area contributed by atoms with Gasteiger partial charge in [-0.1, -0.05) is 61.5 Å². The van der Waals surface area contributed by atoms with E-state index in [2.05, 4.69) is 19.1 Å². The molecule has 0 amide bonds. The molecule has 0 radical (unpaired) electrons. The Morgan fingerprint density at radius 1 is 1.03 bits per heavy atom. The van der Waals surface area contributed by atoms with Crippen molar-refractivity contribution < 1.29 is 13.9 Å². The predicted octanol–water partition coefficient (Wildman–Crippen LogP) is 6.89. The molecule has 4 aromatic rings. The zero-order valence-electron chi connectivity index (χ0n) is 19.4. The Bertz CT molecular complexity index is 1250. The van der Waals surface area contributed by atoms with E-state index in [1.165, 1.54) is 11.1 Å². The Hall–Kier alpha value is -3.66. The first-order valence-corrected chi connectivity index (χ1v) is 12.1. The molecule has 0 N–H and O–H groups in total. The Morgan fingerprint density at radius 2 is 1.76 bits per heavy atom. The summed E-state index contributed by atoms with van der Waals surface area (Å²) < 4.78 is 12.3. The highest BCUT2D eigenvalue weighted by molar-refractivity contribution is 5.64. The van der Waals surface area contributed by atoms with Gasteiger partial charge in [-0.2, -0.15) is 0 Å². The maximum Gasteiger partial charge on any atom is 0.227 e. The lowest BCUT2D eigenvalue weighted by atomic mass is 9.86. The van der Waals surface area contributed by atoms with Crippen molar-refractivity contribution in [3.8, 4) is 28.5 Å². The van der Waals surface area contributed by atoms with Gasteiger partial charge < -0.3 is 13.9 Å². The second kappa shape index (κ2) is 10.1. The molecule has 2 atom stereocenters. The van der Waals surface area contributed by atoms with Crippen LogP contribution in [0.25, 0.3) is 22.8 Å². The van der Waals surface area contributed by atoms with E-state index in [0.29, 0.717) is 24.8 Å². The van der Waals surface area contributed by atoms with Crippen LogP contribution in [0.2, 0.25) is 0 Å². The number of aldehydes is 1. The molecule has 0 aliphatic heterocycles. The summed E-state index contributed by atoms with van der Waals surface area (Å²) in [6, 6.07) is 26.4. The maximum atomic E-state index is 11.5. The van der Waals surface area contributed by atoms with Gasteiger partial charge in [0.25, 0.3) is 0 Å². The lowest BCUT2D eigenvalue weighted by Gasteiger charge is -2.17. The number of ether oxygens (including phenoxy) is 1. The molecule has 0 fully saturated rings. The highest BCUT2D eigenvalue weighted by Crippen LogP contribution is 2.40. The number of aryl methyl sites for hydroxylation is 1. The lowest BCUT2D eigenvalue weighted by molar-refractivity contribution is -0.111. The molecular weight excluding hydrogens is 422 g/mol. The number of hydrogen-bond acceptors (Lipinski definition) is 4. The molecule has 4 heteroatoms. The van der Waals surface area contributed by atoms with Crippen molar-refractivity contribution in [2.24, 2.45) is 5.92 Å². The summed E-state index contributed by atoms with van der Waals surface area (Å²) in [5.41, 5.74) is 5.47. The fraction of sp³-hybridized carbons (Fsp3) is 0.267. The standard InChI is InChI=1S/C30H29NO3/c1-2-21(20-32)26-15-13-24-19-25(14-16-27(24)26)33-18-17-28-29(22-9-5-3-6-10-22)34-30(31-28)23-11-7-4-8-12-23/h3-12,14,16,19-21,26H,2,13,15,17-18H2,1H3. The Morgan fingerprint density at radius 3 is 2.47 bits per heavy atom. The van der Waals surface area contributed by atoms with Crippen molar-refractivity contribution in [2.45, 2.75) is 38.5 Å². The van der Waals surface area contributed by atoms with Crippen LogP contribution in [0.4, 0.5) is 0 Å². The van der Waals surface area contributed by atoms with E-state index in [0.717, 1.165) is 53.9 Å². The molecule has 1 aliphatic rings. The lowest BCUT2D eigenvalue weighted by Crippen LogP contribution is -2.11. The van der Waals surface area contributed by atoms with Gasteiger partial charge >= 0.3 is 0 Å². The monoisotopic (exact) mass is 451 g/mol. The maximum absolute atomic E-state index is 11.5. The topological polar surface area (TPSA) is 52.3 Å². The van der Waals surface area contributed by atoms with Gasteiger partial charge in [-0.25, -0.2) is 4.98 Å². The zero-order chi connectivity index (χ0) is 23.3. The van der Waals surface area contributed by atoms with Crippen LogP contribution in [0.1, 0.15) is 42.5 Å². The summed E-state index contributed by atoms with van der Waals surface area (Å²) in [4.78, 5) is 16.3. The van der Waals surface area contributed by atoms with Crippen LogP contribution in [-0.4, -0.2) is 17.9 Å². The van der Waals surface area contributed by atoms with Gasteiger partial charge in [0, 0.05) is 23.5 Å². The first-order valence-electron chi connectivity index (χ1n) is 12.1. The normalized spacial score (nSPS) is 15.6. The summed E-state index contributed by atoms with van der Waals surface area (Å²) in [5, 5.41) is 0. The third-order valence-electron chi connectivity index (χ3n) is 6.76. The minimum absolute atomic E-state index is 0.107. The third-order valence-corrected chi connectivity index (χ3v) is 6.76. The van der Waals surface area contributed by atoms with Gasteiger partial charge in [0.1, 0.15) is 12.0 Å². The number of hydrogen-bond donors (Lipinski definition) is 0. The first kappa shape index (κ1) is 22.1. The van der Waals surface area contributed by atoms with Gasteiger partial charge in [0.05, 0.1) is 12.3 Å². The predicted molar refractivity (Wildman–Crippen MR) is 134 cm³/mol. The van der Waals surface area contributed by atoms with E-state index in [1.807, 2.05) is 66.7 Å². The summed E-state index contributed by atoms with van der Waals surface area (Å²) >= 11 is 0. The quantitative estimate of drug-likeness (QED) is 0.260. The van der Waals surface area contributed by atoms with Crippen molar-refractivity contribution in [1.82, 2.24) is 4.98 Å². The Kier molecular flexibility index (Phi) is 6.57. The minimum Gasteiger partial charge on any atom is -0.493 e. The number of aromatic nitrogens is 1. The number of nitrogens with zero attached hydrogens (tertiary/aromatic N) is 1. The van der Waals surface area contributed by atoms with Crippen molar-refractivity contribution >= 4 is 6.29 Å². The number of carbonyl (C=O) groups excluding carboxylic acids is 1. The molecule has 4 nitrogen and oxygen atoms in total. The average molecular weight is 452 g/mol. The van der Waals surface area contributed by atoms with Crippen LogP contribution in [0.5, 0.6) is 5.75 Å². The van der Waals surface area contributed by atoms with Gasteiger partial charge in [-0.05, 0) is 60.6 Å². The SMILES string of the molecule is CCC(C=O)C1CCc2cc(OCCc3nc(-c4ccccc4)oc3-c3ccccc3)ccc21. The second-order valence-electron chi connectivity index (χ2n) is 8.84. The molecule has 1 heterocycles. The molecule has 0 spiro atoms. The molecule has 5 rings (SSSR count). The van der Waals surface area contributed by atoms with E-state index in [9.17, 15) is 4.79 Å². The number of rotatable bonds is 9. The van der Waals surface area contributed by atoms with Gasteiger partial charge in [-0.15, -0.1) is 0 Å². The van der Waals surface area contributed by atoms with Crippen LogP contribution < -0.4 is 4.74 Å². The molecule has 172 valence electrons. The largest absolute Gasteiger partial charge is 0.493 e. The first-order chi connectivity index (χ1) is 16.8. The van der Waals surface area contributed by atoms with Crippen molar-refractivity contribution in [3.63, 3.8) is 0 Å². The molecule has 0 saturated carbocycles. The van der Waals surface area contributed by atoms with E-state index in [-0.39, 0.29) is 5.92 Å². The highest BCUT2D eigenvalue weighted by atomic mass is 16.5. The summed E-state index contributed by atoms with van der Waals surface area (Å²) in [5.74, 6) is 2.73. The second-order valence-corrected chi connectivity index (χ2v) is 8.84. The Balaban J connectivity index is 1.32. The van der Waals surface area contributed by atoms with Crippen molar-refractivity contribution in [2.75, 3.05) is 6.61 Å². The van der Waals surface area contributed by atoms with Crippen LogP contribution in [-0.2, 0) is 17.6 Å². The third kappa shape index (κ3) is 4.54. The summed E-state index contributed by atoms with van der Waals surface area (Å²) in [6.07, 6.45) is 4.69. The van der Waals surface area contributed by atoms with Gasteiger partial charge in [0.2, 0.25) is 5.89 Å². The number of fused-ring (bicyclic) bond motifs is 1. The van der Waals surface area contributed by atoms with Crippen LogP contribution in [0, 0.1) is 5.92 Å². The number of carbonyl (C=O) groups is 1. The molecule has 2 unspecified atom stereocenters. The van der Waals surface area contributed by atoms with Crippen LogP contribution in [0.3, 0.4) is 0 Å². The Labute approximate surface area is 200 Å². The molecule has 0 bridgehead atoms. The summed E-state index contributed by atoms with van der Waals surface area (Å²) in [6.45, 7) is 2.60. The molecule has 3 aromatic carbocycles. The van der Waals surface area contributed by atoms with Gasteiger partial charge in [0.15, 0.2) is 5.76 Å². The van der Waals surface area contributed by atoms with Gasteiger partial charge in [-0.3, -0.25) is 0 Å². The minimum atomic E-state index is 0.107. The summed E-state index contributed by atoms with van der Waals surface area (Å²) in [7, 11) is 0. The molecule has 1 aliphatic carbocycles. The smallest absolute Gasteiger partial charge is 0.227 e. The highest BCUT2D eigenvalue weighted by Gasteiger charge is 2.28. The molecule has 34 heavy (non-hydrogen) atoms. The van der Waals surface area contributed by atoms with E-state index < -0.39 is 0 Å². The molecule has 1 aromatic heterocycles. The van der Waals surface area contributed by atoms with E-state index in [1.54, 1.807) is 0 Å². The number of oxazole rings is 1. The number of benzene rings is 3.